The van der Waals surface area contributed by atoms with Crippen LogP contribution in [0.3, 0.4) is 0 Å². The minimum absolute atomic E-state index is 0.0764. The van der Waals surface area contributed by atoms with Gasteiger partial charge in [0.25, 0.3) is 0 Å². The van der Waals surface area contributed by atoms with Crippen molar-refractivity contribution in [1.29, 1.82) is 0 Å². The van der Waals surface area contributed by atoms with Crippen molar-refractivity contribution in [1.82, 2.24) is 37.2 Å². The van der Waals surface area contributed by atoms with E-state index in [1.165, 1.54) is 7.11 Å². The molecule has 1 aliphatic heterocycles. The zero-order valence-corrected chi connectivity index (χ0v) is 46.5. The summed E-state index contributed by atoms with van der Waals surface area (Å²) in [7, 11) is 2.30. The Balaban J connectivity index is 4.00. The number of esters is 3. The highest BCUT2D eigenvalue weighted by atomic mass is 16.5. The van der Waals surface area contributed by atoms with Crippen LogP contribution in [0.5, 0.6) is 0 Å². The molecule has 1 fully saturated rings. The monoisotopic (exact) mass is 1040 g/mol. The Morgan fingerprint density at radius 2 is 0.877 bits per heavy atom. The molecule has 1 saturated heterocycles. The van der Waals surface area contributed by atoms with Crippen molar-refractivity contribution in [2.75, 3.05) is 14.2 Å². The number of carbonyl (C=O) groups is 10. The van der Waals surface area contributed by atoms with Gasteiger partial charge in [0.15, 0.2) is 0 Å². The van der Waals surface area contributed by atoms with E-state index in [2.05, 4.69) is 51.1 Å². The molecule has 7 amide bonds. The fourth-order valence-electron chi connectivity index (χ4n) is 8.35. The fourth-order valence-corrected chi connectivity index (χ4v) is 8.35. The third-order valence-electron chi connectivity index (χ3n) is 12.5. The Kier molecular flexibility index (Phi) is 30.8. The molecule has 73 heavy (non-hydrogen) atoms. The predicted octanol–water partition coefficient (Wildman–Crippen LogP) is 4.44. The topological polar surface area (TPSA) is 283 Å². The second-order valence-corrected chi connectivity index (χ2v) is 22.0. The van der Waals surface area contributed by atoms with Crippen LogP contribution in [0.25, 0.3) is 0 Å². The van der Waals surface area contributed by atoms with Crippen LogP contribution in [0.15, 0.2) is 0 Å². The number of carbonyl (C=O) groups excluding carboxylic acids is 10. The van der Waals surface area contributed by atoms with Gasteiger partial charge in [-0.25, -0.2) is 4.79 Å². The van der Waals surface area contributed by atoms with Gasteiger partial charge in [0.1, 0.15) is 48.4 Å². The molecule has 20 nitrogen and oxygen atoms in total. The summed E-state index contributed by atoms with van der Waals surface area (Å²) in [4.78, 5) is 138. The summed E-state index contributed by atoms with van der Waals surface area (Å²) in [5, 5.41) is 18.8. The lowest BCUT2D eigenvalue weighted by Crippen LogP contribution is -2.61. The minimum Gasteiger partial charge on any atom is -0.469 e. The Morgan fingerprint density at radius 3 is 1.33 bits per heavy atom. The van der Waals surface area contributed by atoms with Gasteiger partial charge in [0.2, 0.25) is 41.4 Å². The number of cyclic esters (lactones) is 1. The van der Waals surface area contributed by atoms with E-state index in [0.29, 0.717) is 12.3 Å². The average molecular weight is 1040 g/mol. The van der Waals surface area contributed by atoms with Crippen LogP contribution in [-0.2, 0) is 62.2 Å². The molecule has 0 aromatic carbocycles. The van der Waals surface area contributed by atoms with E-state index in [0.717, 1.165) is 45.6 Å². The lowest BCUT2D eigenvalue weighted by Gasteiger charge is -2.30. The second-order valence-electron chi connectivity index (χ2n) is 22.0. The summed E-state index contributed by atoms with van der Waals surface area (Å²) in [6, 6.07) is -9.23. The van der Waals surface area contributed by atoms with Gasteiger partial charge in [-0.05, 0) is 74.0 Å². The van der Waals surface area contributed by atoms with Crippen molar-refractivity contribution < 1.29 is 62.2 Å². The smallest absolute Gasteiger partial charge is 0.329 e. The largest absolute Gasteiger partial charge is 0.469 e. The molecule has 1 heterocycles. The van der Waals surface area contributed by atoms with Gasteiger partial charge in [-0.1, -0.05) is 122 Å². The van der Waals surface area contributed by atoms with E-state index in [4.69, 9.17) is 14.2 Å². The van der Waals surface area contributed by atoms with Crippen molar-refractivity contribution in [2.45, 2.75) is 228 Å². The molecular formula is C53H93N7O13. The summed E-state index contributed by atoms with van der Waals surface area (Å²) in [6.07, 6.45) is 4.67. The van der Waals surface area contributed by atoms with Crippen LogP contribution in [0, 0.1) is 35.5 Å². The second kappa shape index (κ2) is 34.2. The molecular weight excluding hydrogens is 943 g/mol. The first-order valence-electron chi connectivity index (χ1n) is 26.6. The number of hydrogen-bond acceptors (Lipinski definition) is 13. The highest BCUT2D eigenvalue weighted by Crippen LogP contribution is 2.19. The molecule has 1 aliphatic rings. The first-order valence-corrected chi connectivity index (χ1v) is 26.6. The summed E-state index contributed by atoms with van der Waals surface area (Å²) < 4.78 is 15.7. The van der Waals surface area contributed by atoms with Crippen LogP contribution in [0.1, 0.15) is 179 Å². The molecule has 0 aromatic heterocycles. The first kappa shape index (κ1) is 65.7. The molecule has 0 bridgehead atoms. The molecule has 20 heteroatoms. The van der Waals surface area contributed by atoms with Crippen molar-refractivity contribution in [2.24, 2.45) is 35.5 Å². The highest BCUT2D eigenvalue weighted by molar-refractivity contribution is 5.98. The molecule has 0 radical (unpaired) electrons. The van der Waals surface area contributed by atoms with Crippen molar-refractivity contribution in [3.8, 4) is 0 Å². The molecule has 1 rings (SSSR count). The summed E-state index contributed by atoms with van der Waals surface area (Å²) >= 11 is 0. The van der Waals surface area contributed by atoms with E-state index >= 15 is 0 Å². The third kappa shape index (κ3) is 26.5. The van der Waals surface area contributed by atoms with E-state index in [1.54, 1.807) is 27.7 Å². The number of hydrogen-bond donors (Lipinski definition) is 7. The van der Waals surface area contributed by atoms with Gasteiger partial charge in [-0.15, -0.1) is 0 Å². The van der Waals surface area contributed by atoms with Crippen molar-refractivity contribution >= 4 is 59.3 Å². The summed E-state index contributed by atoms with van der Waals surface area (Å²) in [5.41, 5.74) is 0. The standard InChI is InChI=1S/C53H93N7O13/c1-30(2)21-19-17-15-16-18-20-22-36-28-42(61)54-37(23-24-43(62)71-13)47(64)55-38(25-31(3)4)48(65)56-39(26-32(5)6)50(67)59-45(34(9)10)52(69)58-41(29-44(63)72-14)49(66)57-40(27-33(7)8)51(68)60-46(35(11)12)53(70)73-36/h30-41,45-46H,15-29H2,1-14H3,(H,54,61)(H,55,64)(H,56,65)(H,57,66)(H,58,69)(H,59,67)(H,60,68). The molecule has 0 aromatic rings. The average Bonchev–Trinajstić information content (AvgIpc) is 3.29. The van der Waals surface area contributed by atoms with E-state index in [9.17, 15) is 47.9 Å². The van der Waals surface area contributed by atoms with Crippen LogP contribution in [0.2, 0.25) is 0 Å². The zero-order valence-electron chi connectivity index (χ0n) is 46.5. The number of amides is 7. The maximum atomic E-state index is 14.2. The molecule has 8 unspecified atom stereocenters. The quantitative estimate of drug-likeness (QED) is 0.0449. The van der Waals surface area contributed by atoms with Crippen molar-refractivity contribution in [3.05, 3.63) is 0 Å². The highest BCUT2D eigenvalue weighted by Gasteiger charge is 2.38. The SMILES string of the molecule is COC(=O)CCC1NC(=O)CC(CCCCCCCCC(C)C)OC(=O)C(C(C)C)NC(=O)C(CC(C)C)NC(=O)C(CC(=O)OC)NC(=O)C(C(C)C)NC(=O)C(CC(C)C)NC(=O)C(CC(C)C)NC1=O. The molecule has 0 aliphatic carbocycles. The maximum Gasteiger partial charge on any atom is 0.329 e. The Morgan fingerprint density at radius 1 is 0.466 bits per heavy atom. The van der Waals surface area contributed by atoms with E-state index < -0.39 is 126 Å². The Hall–Kier alpha value is -5.30. The zero-order chi connectivity index (χ0) is 55.5. The first-order chi connectivity index (χ1) is 34.2. The van der Waals surface area contributed by atoms with Gasteiger partial charge in [-0.3, -0.25) is 43.2 Å². The number of methoxy groups -OCH3 is 2. The van der Waals surface area contributed by atoms with Crippen LogP contribution in [0.4, 0.5) is 0 Å². The molecule has 7 N–H and O–H groups in total. The summed E-state index contributed by atoms with van der Waals surface area (Å²) in [5.74, 6) is -8.82. The Bertz CT molecular complexity index is 1800. The number of unbranched alkanes of at least 4 members (excludes halogenated alkanes) is 5. The van der Waals surface area contributed by atoms with Gasteiger partial charge in [0.05, 0.1) is 27.1 Å². The number of nitrogens with one attached hydrogen (secondary N) is 7. The van der Waals surface area contributed by atoms with Crippen molar-refractivity contribution in [3.63, 3.8) is 0 Å². The van der Waals surface area contributed by atoms with Gasteiger partial charge < -0.3 is 51.4 Å². The van der Waals surface area contributed by atoms with Crippen LogP contribution >= 0.6 is 0 Å². The Labute approximate surface area is 435 Å². The number of rotatable bonds is 22. The van der Waals surface area contributed by atoms with Gasteiger partial charge >= 0.3 is 17.9 Å². The van der Waals surface area contributed by atoms with Crippen LogP contribution in [-0.4, -0.2) is 122 Å². The van der Waals surface area contributed by atoms with Gasteiger partial charge in [-0.2, -0.15) is 0 Å². The normalized spacial score (nSPS) is 23.9. The third-order valence-corrected chi connectivity index (χ3v) is 12.5. The lowest BCUT2D eigenvalue weighted by atomic mass is 9.98. The van der Waals surface area contributed by atoms with Crippen LogP contribution < -0.4 is 37.2 Å². The molecule has 0 spiro atoms. The number of ether oxygens (including phenoxy) is 3. The summed E-state index contributed by atoms with van der Waals surface area (Å²) in [6.45, 7) is 22.0. The van der Waals surface area contributed by atoms with E-state index in [1.807, 2.05) is 41.5 Å². The minimum atomic E-state index is -1.59. The molecule has 0 saturated carbocycles. The maximum absolute atomic E-state index is 14.2. The van der Waals surface area contributed by atoms with Gasteiger partial charge in [0, 0.05) is 6.42 Å². The molecule has 8 atom stereocenters. The lowest BCUT2D eigenvalue weighted by molar-refractivity contribution is -0.156. The molecule has 418 valence electrons. The van der Waals surface area contributed by atoms with E-state index in [-0.39, 0.29) is 62.7 Å². The predicted molar refractivity (Wildman–Crippen MR) is 276 cm³/mol. The fraction of sp³-hybridized carbons (Fsp3) is 0.811.